The van der Waals surface area contributed by atoms with Crippen molar-refractivity contribution >= 4 is 27.7 Å². The lowest BCUT2D eigenvalue weighted by molar-refractivity contribution is -0.127. The highest BCUT2D eigenvalue weighted by Crippen LogP contribution is 2.29. The van der Waals surface area contributed by atoms with Crippen LogP contribution in [0.2, 0.25) is 0 Å². The average molecular weight is 379 g/mol. The van der Waals surface area contributed by atoms with Crippen molar-refractivity contribution in [2.75, 3.05) is 26.2 Å². The minimum Gasteiger partial charge on any atom is -0.356 e. The van der Waals surface area contributed by atoms with Gasteiger partial charge in [0.1, 0.15) is 4.90 Å². The Bertz CT molecular complexity index is 837. The summed E-state index contributed by atoms with van der Waals surface area (Å²) < 4.78 is 25.5. The molecule has 1 saturated heterocycles. The van der Waals surface area contributed by atoms with Gasteiger partial charge in [-0.1, -0.05) is 12.1 Å². The Hall–Kier alpha value is -2.42. The van der Waals surface area contributed by atoms with Crippen LogP contribution in [0, 0.1) is 0 Å². The van der Waals surface area contributed by atoms with Crippen LogP contribution >= 0.6 is 0 Å². The lowest BCUT2D eigenvalue weighted by Gasteiger charge is -2.16. The van der Waals surface area contributed by atoms with E-state index in [1.807, 2.05) is 0 Å². The normalized spacial score (nSPS) is 18.3. The minimum atomic E-state index is -3.87. The van der Waals surface area contributed by atoms with Crippen LogP contribution in [-0.4, -0.2) is 61.5 Å². The van der Waals surface area contributed by atoms with Gasteiger partial charge in [0, 0.05) is 39.0 Å². The largest absolute Gasteiger partial charge is 0.356 e. The summed E-state index contributed by atoms with van der Waals surface area (Å²) in [6, 6.07) is 6.02. The predicted octanol–water partition coefficient (Wildman–Crippen LogP) is 0.350. The van der Waals surface area contributed by atoms with Gasteiger partial charge in [-0.15, -0.1) is 0 Å². The fourth-order valence-corrected chi connectivity index (χ4v) is 4.75. The molecule has 3 amide bonds. The molecule has 1 N–H and O–H groups in total. The maximum absolute atomic E-state index is 12.4. The van der Waals surface area contributed by atoms with Crippen molar-refractivity contribution in [3.8, 4) is 0 Å². The number of carbonyl (C=O) groups excluding carboxylic acids is 3. The lowest BCUT2D eigenvalue weighted by atomic mass is 10.2. The number of hydrogen-bond acceptors (Lipinski definition) is 5. The number of benzene rings is 1. The zero-order valence-electron chi connectivity index (χ0n) is 14.3. The van der Waals surface area contributed by atoms with Gasteiger partial charge in [0.25, 0.3) is 15.9 Å². The van der Waals surface area contributed by atoms with Crippen molar-refractivity contribution in [2.45, 2.75) is 30.6 Å². The zero-order valence-corrected chi connectivity index (χ0v) is 15.1. The molecule has 2 heterocycles. The van der Waals surface area contributed by atoms with E-state index in [0.29, 0.717) is 25.9 Å². The lowest BCUT2D eigenvalue weighted by Crippen LogP contribution is -2.35. The highest BCUT2D eigenvalue weighted by Gasteiger charge is 2.40. The Morgan fingerprint density at radius 3 is 2.62 bits per heavy atom. The predicted molar refractivity (Wildman–Crippen MR) is 92.7 cm³/mol. The molecule has 0 aliphatic carbocycles. The molecule has 2 aliphatic rings. The van der Waals surface area contributed by atoms with Crippen LogP contribution in [0.1, 0.15) is 36.0 Å². The molecule has 0 unspecified atom stereocenters. The summed E-state index contributed by atoms with van der Waals surface area (Å²) in [7, 11) is -3.87. The number of nitrogens with one attached hydrogen (secondary N) is 1. The first-order valence-electron chi connectivity index (χ1n) is 8.62. The van der Waals surface area contributed by atoms with E-state index >= 15 is 0 Å². The summed E-state index contributed by atoms with van der Waals surface area (Å²) in [5, 5.41) is 2.70. The van der Waals surface area contributed by atoms with Gasteiger partial charge in [0.15, 0.2) is 0 Å². The molecule has 2 aliphatic heterocycles. The topological polar surface area (TPSA) is 104 Å². The molecule has 1 aromatic rings. The fourth-order valence-electron chi connectivity index (χ4n) is 3.18. The van der Waals surface area contributed by atoms with Crippen molar-refractivity contribution < 1.29 is 22.8 Å². The second kappa shape index (κ2) is 7.45. The van der Waals surface area contributed by atoms with Crippen molar-refractivity contribution in [3.05, 3.63) is 29.8 Å². The summed E-state index contributed by atoms with van der Waals surface area (Å²) in [5.74, 6) is -0.772. The van der Waals surface area contributed by atoms with Gasteiger partial charge in [0.05, 0.1) is 5.56 Å². The quantitative estimate of drug-likeness (QED) is 0.689. The number of fused-ring (bicyclic) bond motifs is 1. The monoisotopic (exact) mass is 379 g/mol. The van der Waals surface area contributed by atoms with Crippen LogP contribution in [0.25, 0.3) is 0 Å². The standard InChI is InChI=1S/C17H21N3O5S/c21-15(18-9-4-11-19-10-3-7-16(19)22)8-12-20-17(23)13-5-1-2-6-14(13)26(20,24)25/h1-2,5-6H,3-4,7-12H2,(H,18,21). The van der Waals surface area contributed by atoms with Gasteiger partial charge >= 0.3 is 0 Å². The third-order valence-corrected chi connectivity index (χ3v) is 6.39. The van der Waals surface area contributed by atoms with Crippen LogP contribution in [-0.2, 0) is 19.6 Å². The first-order chi connectivity index (χ1) is 12.4. The zero-order chi connectivity index (χ0) is 18.7. The summed E-state index contributed by atoms with van der Waals surface area (Å²) >= 11 is 0. The molecule has 0 aromatic heterocycles. The average Bonchev–Trinajstić information content (AvgIpc) is 3.10. The van der Waals surface area contributed by atoms with E-state index in [0.717, 1.165) is 17.3 Å². The van der Waals surface area contributed by atoms with Crippen LogP contribution in [0.4, 0.5) is 0 Å². The Morgan fingerprint density at radius 2 is 1.92 bits per heavy atom. The van der Waals surface area contributed by atoms with Gasteiger partial charge < -0.3 is 10.2 Å². The third kappa shape index (κ3) is 3.57. The Kier molecular flexibility index (Phi) is 5.26. The molecule has 3 rings (SSSR count). The van der Waals surface area contributed by atoms with Gasteiger partial charge in [-0.3, -0.25) is 14.4 Å². The second-order valence-corrected chi connectivity index (χ2v) is 8.15. The molecular formula is C17H21N3O5S. The maximum Gasteiger partial charge on any atom is 0.269 e. The van der Waals surface area contributed by atoms with Crippen LogP contribution in [0.5, 0.6) is 0 Å². The van der Waals surface area contributed by atoms with Gasteiger partial charge in [-0.25, -0.2) is 12.7 Å². The summed E-state index contributed by atoms with van der Waals surface area (Å²) in [5.41, 5.74) is 0.142. The first-order valence-corrected chi connectivity index (χ1v) is 10.1. The van der Waals surface area contributed by atoms with Crippen LogP contribution < -0.4 is 5.32 Å². The van der Waals surface area contributed by atoms with E-state index in [4.69, 9.17) is 0 Å². The molecule has 9 heteroatoms. The van der Waals surface area contributed by atoms with Gasteiger partial charge in [-0.05, 0) is 25.0 Å². The number of rotatable bonds is 7. The Balaban J connectivity index is 1.45. The highest BCUT2D eigenvalue weighted by atomic mass is 32.2. The molecule has 0 bridgehead atoms. The Labute approximate surface area is 152 Å². The Morgan fingerprint density at radius 1 is 1.15 bits per heavy atom. The summed E-state index contributed by atoms with van der Waals surface area (Å²) in [6.45, 7) is 1.59. The van der Waals surface area contributed by atoms with Crippen molar-refractivity contribution in [2.24, 2.45) is 0 Å². The molecule has 0 saturated carbocycles. The number of likely N-dealkylation sites (tertiary alicyclic amines) is 1. The number of nitrogens with zero attached hydrogens (tertiary/aromatic N) is 2. The fraction of sp³-hybridized carbons (Fsp3) is 0.471. The van der Waals surface area contributed by atoms with E-state index in [-0.39, 0.29) is 35.2 Å². The number of carbonyl (C=O) groups is 3. The van der Waals surface area contributed by atoms with Gasteiger partial charge in [-0.2, -0.15) is 0 Å². The smallest absolute Gasteiger partial charge is 0.269 e. The molecule has 0 radical (unpaired) electrons. The number of sulfonamides is 1. The van der Waals surface area contributed by atoms with E-state index < -0.39 is 15.9 Å². The number of hydrogen-bond donors (Lipinski definition) is 1. The number of amides is 3. The molecule has 26 heavy (non-hydrogen) atoms. The molecule has 1 aromatic carbocycles. The molecule has 140 valence electrons. The second-order valence-electron chi connectivity index (χ2n) is 6.32. The summed E-state index contributed by atoms with van der Waals surface area (Å²) in [6.07, 6.45) is 2.02. The third-order valence-electron chi connectivity index (χ3n) is 4.55. The molecule has 0 spiro atoms. The highest BCUT2D eigenvalue weighted by molar-refractivity contribution is 7.90. The summed E-state index contributed by atoms with van der Waals surface area (Å²) in [4.78, 5) is 37.4. The minimum absolute atomic E-state index is 0.0133. The molecule has 0 atom stereocenters. The van der Waals surface area contributed by atoms with Crippen molar-refractivity contribution in [1.29, 1.82) is 0 Å². The van der Waals surface area contributed by atoms with E-state index in [2.05, 4.69) is 5.32 Å². The van der Waals surface area contributed by atoms with Crippen LogP contribution in [0.15, 0.2) is 29.2 Å². The maximum atomic E-state index is 12.4. The van der Waals surface area contributed by atoms with Crippen molar-refractivity contribution in [1.82, 2.24) is 14.5 Å². The van der Waals surface area contributed by atoms with E-state index in [9.17, 15) is 22.8 Å². The molecule has 8 nitrogen and oxygen atoms in total. The van der Waals surface area contributed by atoms with E-state index in [1.165, 1.54) is 12.1 Å². The molecule has 1 fully saturated rings. The van der Waals surface area contributed by atoms with Crippen molar-refractivity contribution in [3.63, 3.8) is 0 Å². The van der Waals surface area contributed by atoms with Crippen LogP contribution in [0.3, 0.4) is 0 Å². The van der Waals surface area contributed by atoms with Gasteiger partial charge in [0.2, 0.25) is 11.8 Å². The molecular weight excluding hydrogens is 358 g/mol. The van der Waals surface area contributed by atoms with E-state index in [1.54, 1.807) is 17.0 Å². The first kappa shape index (κ1) is 18.4. The SMILES string of the molecule is O=C(CCN1C(=O)c2ccccc2S1(=O)=O)NCCCN1CCCC1=O.